The van der Waals surface area contributed by atoms with E-state index in [2.05, 4.69) is 12.6 Å². The average Bonchev–Trinajstić information content (AvgIpc) is 2.81. The van der Waals surface area contributed by atoms with Crippen LogP contribution in [0.25, 0.3) is 0 Å². The highest BCUT2D eigenvalue weighted by Crippen LogP contribution is 2.65. The van der Waals surface area contributed by atoms with Gasteiger partial charge < -0.3 is 4.74 Å². The molecule has 1 aliphatic heterocycles. The molecule has 0 spiro atoms. The van der Waals surface area contributed by atoms with Crippen LogP contribution in [-0.4, -0.2) is 31.8 Å². The lowest BCUT2D eigenvalue weighted by atomic mass is 9.77. The van der Waals surface area contributed by atoms with E-state index < -0.39 is 44.9 Å². The standard InChI is InChI=1S/C13H15NO5S/c1-6(2)12(15)18-9-7-4-13(3)10(8(7)5-14)19-20(16,17)11(9)13/h7-11H,1,4H2,2-3H3. The van der Waals surface area contributed by atoms with Crippen molar-refractivity contribution in [1.82, 2.24) is 0 Å². The van der Waals surface area contributed by atoms with E-state index in [4.69, 9.17) is 8.92 Å². The first-order valence-corrected chi connectivity index (χ1v) is 7.88. The third kappa shape index (κ3) is 1.46. The van der Waals surface area contributed by atoms with E-state index >= 15 is 0 Å². The number of carbonyl (C=O) groups is 1. The van der Waals surface area contributed by atoms with Crippen LogP contribution >= 0.6 is 0 Å². The fraction of sp³-hybridized carbons (Fsp3) is 0.692. The lowest BCUT2D eigenvalue weighted by Gasteiger charge is -2.32. The molecule has 108 valence electrons. The Bertz CT molecular complexity index is 648. The molecule has 0 radical (unpaired) electrons. The minimum Gasteiger partial charge on any atom is -0.457 e. The van der Waals surface area contributed by atoms with Gasteiger partial charge in [0.15, 0.2) is 0 Å². The summed E-state index contributed by atoms with van der Waals surface area (Å²) in [4.78, 5) is 11.7. The van der Waals surface area contributed by atoms with Crippen LogP contribution in [-0.2, 0) is 23.8 Å². The van der Waals surface area contributed by atoms with Gasteiger partial charge in [-0.2, -0.15) is 13.7 Å². The molecule has 0 aromatic rings. The first-order valence-electron chi connectivity index (χ1n) is 6.40. The Morgan fingerprint density at radius 1 is 1.55 bits per heavy atom. The second kappa shape index (κ2) is 3.83. The number of nitrogens with zero attached hydrogens (tertiary/aromatic N) is 1. The first kappa shape index (κ1) is 13.6. The van der Waals surface area contributed by atoms with E-state index in [1.165, 1.54) is 6.92 Å². The lowest BCUT2D eigenvalue weighted by molar-refractivity contribution is -0.147. The maximum Gasteiger partial charge on any atom is 0.333 e. The summed E-state index contributed by atoms with van der Waals surface area (Å²) in [5.74, 6) is -1.47. The van der Waals surface area contributed by atoms with E-state index in [0.29, 0.717) is 6.42 Å². The van der Waals surface area contributed by atoms with Crippen molar-refractivity contribution >= 4 is 16.1 Å². The zero-order chi connectivity index (χ0) is 14.9. The van der Waals surface area contributed by atoms with E-state index in [1.807, 2.05) is 0 Å². The van der Waals surface area contributed by atoms with Gasteiger partial charge in [-0.3, -0.25) is 4.18 Å². The Balaban J connectivity index is 2.03. The van der Waals surface area contributed by atoms with Crippen LogP contribution in [0.1, 0.15) is 20.3 Å². The monoisotopic (exact) mass is 297 g/mol. The van der Waals surface area contributed by atoms with Crippen LogP contribution in [0.15, 0.2) is 12.2 Å². The fourth-order valence-electron chi connectivity index (χ4n) is 3.99. The van der Waals surface area contributed by atoms with Crippen molar-refractivity contribution in [3.63, 3.8) is 0 Å². The number of hydrogen-bond donors (Lipinski definition) is 0. The molecule has 1 saturated heterocycles. The molecule has 2 aliphatic carbocycles. The first-order chi connectivity index (χ1) is 9.22. The Morgan fingerprint density at radius 3 is 2.75 bits per heavy atom. The van der Waals surface area contributed by atoms with Crippen molar-refractivity contribution < 1.29 is 22.1 Å². The molecule has 2 bridgehead atoms. The van der Waals surface area contributed by atoms with Gasteiger partial charge in [0.25, 0.3) is 10.1 Å². The summed E-state index contributed by atoms with van der Waals surface area (Å²) in [6.07, 6.45) is -0.918. The van der Waals surface area contributed by atoms with E-state index in [0.717, 1.165) is 0 Å². The van der Waals surface area contributed by atoms with Gasteiger partial charge >= 0.3 is 5.97 Å². The fourth-order valence-corrected chi connectivity index (χ4v) is 6.21. The molecule has 6 unspecified atom stereocenters. The molecule has 1 heterocycles. The molecule has 0 aromatic heterocycles. The predicted octanol–water partition coefficient (Wildman–Crippen LogP) is 0.751. The van der Waals surface area contributed by atoms with E-state index in [1.54, 1.807) is 6.92 Å². The van der Waals surface area contributed by atoms with Gasteiger partial charge in [-0.1, -0.05) is 13.5 Å². The van der Waals surface area contributed by atoms with Crippen molar-refractivity contribution in [2.45, 2.75) is 37.7 Å². The van der Waals surface area contributed by atoms with Crippen LogP contribution in [0.2, 0.25) is 0 Å². The summed E-state index contributed by atoms with van der Waals surface area (Å²) in [5.41, 5.74) is -0.441. The van der Waals surface area contributed by atoms with Gasteiger partial charge in [0, 0.05) is 16.9 Å². The molecular formula is C13H15NO5S. The molecule has 3 fully saturated rings. The van der Waals surface area contributed by atoms with Crippen LogP contribution in [0.4, 0.5) is 0 Å². The zero-order valence-electron chi connectivity index (χ0n) is 11.2. The number of hydrogen-bond acceptors (Lipinski definition) is 6. The molecule has 0 amide bonds. The van der Waals surface area contributed by atoms with Crippen molar-refractivity contribution in [2.24, 2.45) is 17.3 Å². The van der Waals surface area contributed by atoms with Gasteiger partial charge in [-0.15, -0.1) is 0 Å². The molecule has 0 aromatic carbocycles. The summed E-state index contributed by atoms with van der Waals surface area (Å²) in [6, 6.07) is 2.12. The summed E-state index contributed by atoms with van der Waals surface area (Å²) in [7, 11) is -3.81. The van der Waals surface area contributed by atoms with Crippen molar-refractivity contribution in [3.8, 4) is 6.07 Å². The van der Waals surface area contributed by atoms with Gasteiger partial charge in [0.2, 0.25) is 0 Å². The molecule has 7 heteroatoms. The number of ether oxygens (including phenoxy) is 1. The largest absolute Gasteiger partial charge is 0.457 e. The van der Waals surface area contributed by atoms with Crippen molar-refractivity contribution in [2.75, 3.05) is 0 Å². The Morgan fingerprint density at radius 2 is 2.20 bits per heavy atom. The van der Waals surface area contributed by atoms with Crippen LogP contribution in [0, 0.1) is 28.6 Å². The maximum atomic E-state index is 12.2. The van der Waals surface area contributed by atoms with E-state index in [-0.39, 0.29) is 11.5 Å². The van der Waals surface area contributed by atoms with Gasteiger partial charge in [-0.05, 0) is 13.3 Å². The van der Waals surface area contributed by atoms with Gasteiger partial charge in [-0.25, -0.2) is 4.79 Å². The third-order valence-electron chi connectivity index (χ3n) is 4.77. The smallest absolute Gasteiger partial charge is 0.333 e. The quantitative estimate of drug-likeness (QED) is 0.424. The lowest BCUT2D eigenvalue weighted by Crippen LogP contribution is -2.47. The van der Waals surface area contributed by atoms with Gasteiger partial charge in [0.1, 0.15) is 17.5 Å². The van der Waals surface area contributed by atoms with Gasteiger partial charge in [0.05, 0.1) is 12.0 Å². The second-order valence-corrected chi connectivity index (χ2v) is 7.80. The maximum absolute atomic E-state index is 12.2. The molecule has 3 aliphatic rings. The molecular weight excluding hydrogens is 282 g/mol. The topological polar surface area (TPSA) is 93.5 Å². The minimum atomic E-state index is -3.81. The summed E-state index contributed by atoms with van der Waals surface area (Å²) in [5, 5.41) is 8.39. The molecule has 6 atom stereocenters. The Hall–Kier alpha value is -1.39. The number of nitriles is 1. The van der Waals surface area contributed by atoms with Crippen molar-refractivity contribution in [1.29, 1.82) is 5.26 Å². The number of fused-ring (bicyclic) bond motifs is 1. The Labute approximate surface area is 117 Å². The number of rotatable bonds is 2. The van der Waals surface area contributed by atoms with Crippen LogP contribution in [0.5, 0.6) is 0 Å². The molecule has 3 rings (SSSR count). The summed E-state index contributed by atoms with van der Waals surface area (Å²) < 4.78 is 34.8. The van der Waals surface area contributed by atoms with Crippen LogP contribution in [0.3, 0.4) is 0 Å². The summed E-state index contributed by atoms with van der Waals surface area (Å²) in [6.45, 7) is 6.79. The molecule has 20 heavy (non-hydrogen) atoms. The average molecular weight is 297 g/mol. The minimum absolute atomic E-state index is 0.208. The zero-order valence-corrected chi connectivity index (χ0v) is 12.0. The Kier molecular flexibility index (Phi) is 2.60. The number of carbonyl (C=O) groups excluding carboxylic acids is 1. The number of esters is 1. The SMILES string of the molecule is C=C(C)C(=O)OC1C2CC3(C)C(OS(=O)(=O)C13)C2C#N. The van der Waals surface area contributed by atoms with Crippen LogP contribution < -0.4 is 0 Å². The summed E-state index contributed by atoms with van der Waals surface area (Å²) >= 11 is 0. The molecule has 6 nitrogen and oxygen atoms in total. The molecule has 0 N–H and O–H groups in total. The second-order valence-electron chi connectivity index (χ2n) is 6.11. The highest BCUT2D eigenvalue weighted by atomic mass is 32.2. The highest BCUT2D eigenvalue weighted by molar-refractivity contribution is 7.87. The highest BCUT2D eigenvalue weighted by Gasteiger charge is 2.76. The molecule has 2 saturated carbocycles. The van der Waals surface area contributed by atoms with Crippen molar-refractivity contribution in [3.05, 3.63) is 12.2 Å². The third-order valence-corrected chi connectivity index (χ3v) is 6.68. The predicted molar refractivity (Wildman–Crippen MR) is 67.6 cm³/mol. The van der Waals surface area contributed by atoms with E-state index in [9.17, 15) is 18.5 Å². The normalized spacial score (nSPS) is 47.0.